The Labute approximate surface area is 121 Å². The van der Waals surface area contributed by atoms with Crippen LogP contribution < -0.4 is 9.64 Å². The van der Waals surface area contributed by atoms with Crippen LogP contribution in [0.25, 0.3) is 0 Å². The predicted octanol–water partition coefficient (Wildman–Crippen LogP) is 3.38. The highest BCUT2D eigenvalue weighted by atomic mass is 16.5. The van der Waals surface area contributed by atoms with Crippen molar-refractivity contribution >= 4 is 11.6 Å². The molecule has 0 radical (unpaired) electrons. The Bertz CT molecular complexity index is 432. The lowest BCUT2D eigenvalue weighted by Crippen LogP contribution is -2.29. The lowest BCUT2D eigenvalue weighted by Gasteiger charge is -2.25. The van der Waals surface area contributed by atoms with Crippen molar-refractivity contribution in [1.82, 2.24) is 0 Å². The van der Waals surface area contributed by atoms with E-state index in [1.165, 1.54) is 0 Å². The van der Waals surface area contributed by atoms with E-state index in [1.807, 2.05) is 25.1 Å². The summed E-state index contributed by atoms with van der Waals surface area (Å²) in [5, 5.41) is 0. The molecule has 0 aliphatic carbocycles. The van der Waals surface area contributed by atoms with Crippen molar-refractivity contribution in [3.8, 4) is 5.75 Å². The SMILES string of the molecule is CCCCOc1cccc(COC)c1N(CC)C(C)=O. The normalized spacial score (nSPS) is 10.4. The molecular weight excluding hydrogens is 254 g/mol. The fraction of sp³-hybridized carbons (Fsp3) is 0.562. The summed E-state index contributed by atoms with van der Waals surface area (Å²) in [4.78, 5) is 13.6. The number of anilines is 1. The molecule has 0 fully saturated rings. The molecule has 0 heterocycles. The van der Waals surface area contributed by atoms with Gasteiger partial charge in [-0.15, -0.1) is 0 Å². The van der Waals surface area contributed by atoms with Crippen LogP contribution in [-0.4, -0.2) is 26.2 Å². The Kier molecular flexibility index (Phi) is 7.09. The molecule has 4 nitrogen and oxygen atoms in total. The Morgan fingerprint density at radius 1 is 1.30 bits per heavy atom. The fourth-order valence-corrected chi connectivity index (χ4v) is 2.13. The van der Waals surface area contributed by atoms with Gasteiger partial charge in [-0.05, 0) is 19.4 Å². The summed E-state index contributed by atoms with van der Waals surface area (Å²) in [7, 11) is 1.65. The highest BCUT2D eigenvalue weighted by Crippen LogP contribution is 2.33. The van der Waals surface area contributed by atoms with E-state index in [1.54, 1.807) is 18.9 Å². The molecule has 1 amide bonds. The monoisotopic (exact) mass is 279 g/mol. The summed E-state index contributed by atoms with van der Waals surface area (Å²) >= 11 is 0. The second-order valence-electron chi connectivity index (χ2n) is 4.66. The van der Waals surface area contributed by atoms with E-state index in [0.717, 1.165) is 29.8 Å². The van der Waals surface area contributed by atoms with E-state index in [2.05, 4.69) is 6.92 Å². The molecule has 0 unspecified atom stereocenters. The average molecular weight is 279 g/mol. The van der Waals surface area contributed by atoms with Crippen LogP contribution in [0.4, 0.5) is 5.69 Å². The Morgan fingerprint density at radius 2 is 2.05 bits per heavy atom. The minimum absolute atomic E-state index is 0.0106. The number of para-hydroxylation sites is 1. The van der Waals surface area contributed by atoms with Gasteiger partial charge >= 0.3 is 0 Å². The molecule has 0 aliphatic rings. The quantitative estimate of drug-likeness (QED) is 0.685. The molecule has 112 valence electrons. The van der Waals surface area contributed by atoms with Gasteiger partial charge in [-0.3, -0.25) is 4.79 Å². The van der Waals surface area contributed by atoms with Crippen molar-refractivity contribution in [2.75, 3.05) is 25.2 Å². The van der Waals surface area contributed by atoms with Gasteiger partial charge in [-0.25, -0.2) is 0 Å². The molecule has 0 spiro atoms. The minimum Gasteiger partial charge on any atom is -0.491 e. The molecule has 0 saturated carbocycles. The minimum atomic E-state index is 0.0106. The molecule has 0 aliphatic heterocycles. The number of ether oxygens (including phenoxy) is 2. The molecule has 0 atom stereocenters. The van der Waals surface area contributed by atoms with Gasteiger partial charge in [0.2, 0.25) is 5.91 Å². The second-order valence-corrected chi connectivity index (χ2v) is 4.66. The Hall–Kier alpha value is -1.55. The van der Waals surface area contributed by atoms with Crippen molar-refractivity contribution in [3.63, 3.8) is 0 Å². The summed E-state index contributed by atoms with van der Waals surface area (Å²) in [6, 6.07) is 5.82. The lowest BCUT2D eigenvalue weighted by molar-refractivity contribution is -0.116. The molecule has 0 bridgehead atoms. The number of nitrogens with zero attached hydrogens (tertiary/aromatic N) is 1. The number of unbranched alkanes of at least 4 members (excludes halogenated alkanes) is 1. The number of benzene rings is 1. The molecule has 0 N–H and O–H groups in total. The van der Waals surface area contributed by atoms with Crippen molar-refractivity contribution in [2.45, 2.75) is 40.2 Å². The van der Waals surface area contributed by atoms with E-state index in [-0.39, 0.29) is 5.91 Å². The van der Waals surface area contributed by atoms with E-state index in [0.29, 0.717) is 19.8 Å². The van der Waals surface area contributed by atoms with Crippen molar-refractivity contribution in [1.29, 1.82) is 0 Å². The standard InChI is InChI=1S/C16H25NO3/c1-5-7-11-20-15-10-8-9-14(12-19-4)16(15)17(6-2)13(3)18/h8-10H,5-7,11-12H2,1-4H3. The first kappa shape index (κ1) is 16.5. The number of carbonyl (C=O) groups is 1. The molecule has 0 saturated heterocycles. The lowest BCUT2D eigenvalue weighted by atomic mass is 10.1. The Balaban J connectivity index is 3.14. The third-order valence-corrected chi connectivity index (χ3v) is 3.10. The average Bonchev–Trinajstić information content (AvgIpc) is 2.42. The number of amides is 1. The first-order valence-electron chi connectivity index (χ1n) is 7.17. The molecule has 1 rings (SSSR count). The van der Waals surface area contributed by atoms with Crippen LogP contribution in [0.15, 0.2) is 18.2 Å². The van der Waals surface area contributed by atoms with Gasteiger partial charge in [0.05, 0.1) is 18.9 Å². The van der Waals surface area contributed by atoms with Gasteiger partial charge in [0, 0.05) is 26.1 Å². The largest absolute Gasteiger partial charge is 0.491 e. The third kappa shape index (κ3) is 4.23. The van der Waals surface area contributed by atoms with Crippen LogP contribution in [0, 0.1) is 0 Å². The van der Waals surface area contributed by atoms with Crippen LogP contribution in [0.1, 0.15) is 39.2 Å². The van der Waals surface area contributed by atoms with Crippen LogP contribution in [0.5, 0.6) is 5.75 Å². The first-order valence-corrected chi connectivity index (χ1v) is 7.17. The van der Waals surface area contributed by atoms with Crippen molar-refractivity contribution in [2.24, 2.45) is 0 Å². The number of methoxy groups -OCH3 is 1. The van der Waals surface area contributed by atoms with Crippen LogP contribution in [-0.2, 0) is 16.1 Å². The van der Waals surface area contributed by atoms with E-state index < -0.39 is 0 Å². The summed E-state index contributed by atoms with van der Waals surface area (Å²) in [5.74, 6) is 0.765. The highest BCUT2D eigenvalue weighted by molar-refractivity contribution is 5.94. The summed E-state index contributed by atoms with van der Waals surface area (Å²) in [6.07, 6.45) is 2.08. The first-order chi connectivity index (χ1) is 9.65. The summed E-state index contributed by atoms with van der Waals surface area (Å²) in [6.45, 7) is 7.39. The van der Waals surface area contributed by atoms with E-state index in [9.17, 15) is 4.79 Å². The smallest absolute Gasteiger partial charge is 0.223 e. The van der Waals surface area contributed by atoms with Gasteiger partial charge in [0.25, 0.3) is 0 Å². The van der Waals surface area contributed by atoms with Gasteiger partial charge in [0.15, 0.2) is 0 Å². The maximum atomic E-state index is 11.8. The topological polar surface area (TPSA) is 38.8 Å². The fourth-order valence-electron chi connectivity index (χ4n) is 2.13. The van der Waals surface area contributed by atoms with Crippen LogP contribution in [0.2, 0.25) is 0 Å². The summed E-state index contributed by atoms with van der Waals surface area (Å²) in [5.41, 5.74) is 1.80. The van der Waals surface area contributed by atoms with Gasteiger partial charge in [-0.1, -0.05) is 25.5 Å². The molecule has 1 aromatic rings. The molecule has 0 aromatic heterocycles. The third-order valence-electron chi connectivity index (χ3n) is 3.10. The zero-order valence-electron chi connectivity index (χ0n) is 12.9. The number of rotatable bonds is 8. The van der Waals surface area contributed by atoms with Gasteiger partial charge in [-0.2, -0.15) is 0 Å². The highest BCUT2D eigenvalue weighted by Gasteiger charge is 2.18. The predicted molar refractivity (Wildman–Crippen MR) is 81.3 cm³/mol. The maximum absolute atomic E-state index is 11.8. The molecule has 20 heavy (non-hydrogen) atoms. The number of hydrogen-bond donors (Lipinski definition) is 0. The molecule has 1 aromatic carbocycles. The zero-order valence-corrected chi connectivity index (χ0v) is 12.9. The van der Waals surface area contributed by atoms with Crippen molar-refractivity contribution < 1.29 is 14.3 Å². The van der Waals surface area contributed by atoms with E-state index in [4.69, 9.17) is 9.47 Å². The van der Waals surface area contributed by atoms with Crippen molar-refractivity contribution in [3.05, 3.63) is 23.8 Å². The van der Waals surface area contributed by atoms with Gasteiger partial charge < -0.3 is 14.4 Å². The van der Waals surface area contributed by atoms with E-state index >= 15 is 0 Å². The second kappa shape index (κ2) is 8.59. The summed E-state index contributed by atoms with van der Waals surface area (Å²) < 4.78 is 11.1. The Morgan fingerprint density at radius 3 is 2.60 bits per heavy atom. The zero-order chi connectivity index (χ0) is 15.0. The van der Waals surface area contributed by atoms with Crippen LogP contribution in [0.3, 0.4) is 0 Å². The number of hydrogen-bond acceptors (Lipinski definition) is 3. The maximum Gasteiger partial charge on any atom is 0.223 e. The molecular formula is C16H25NO3. The molecule has 4 heteroatoms. The van der Waals surface area contributed by atoms with Gasteiger partial charge in [0.1, 0.15) is 5.75 Å². The van der Waals surface area contributed by atoms with Crippen LogP contribution >= 0.6 is 0 Å². The number of carbonyl (C=O) groups excluding carboxylic acids is 1.